The molecule has 0 aromatic carbocycles. The van der Waals surface area contributed by atoms with Crippen LogP contribution in [0.1, 0.15) is 253 Å². The number of amides is 2. The SMILES string of the molecule is CCCCCCCCCCCCCCCCCC(=O)NCC(NC(=O)CCCCCCCCCCCCCCCCC)C(=O)OCCC(C)C.COC(C)(C)CO. The van der Waals surface area contributed by atoms with Crippen LogP contribution in [0.5, 0.6) is 0 Å². The number of aliphatic hydroxyl groups is 1. The van der Waals surface area contributed by atoms with E-state index >= 15 is 0 Å². The third kappa shape index (κ3) is 45.3. The number of rotatable bonds is 41. The Labute approximate surface area is 354 Å². The van der Waals surface area contributed by atoms with Gasteiger partial charge in [0, 0.05) is 26.5 Å². The second kappa shape index (κ2) is 43.9. The molecular weight excluding hydrogens is 713 g/mol. The second-order valence-electron chi connectivity index (χ2n) is 17.8. The highest BCUT2D eigenvalue weighted by molar-refractivity contribution is 5.85. The van der Waals surface area contributed by atoms with Gasteiger partial charge in [-0.25, -0.2) is 4.79 Å². The fraction of sp³-hybridized carbons (Fsp3) is 0.939. The summed E-state index contributed by atoms with van der Waals surface area (Å²) in [6.07, 6.45) is 40.3. The molecule has 8 heteroatoms. The van der Waals surface area contributed by atoms with Crippen LogP contribution in [0, 0.1) is 5.92 Å². The highest BCUT2D eigenvalue weighted by Crippen LogP contribution is 2.15. The van der Waals surface area contributed by atoms with Gasteiger partial charge < -0.3 is 25.2 Å². The van der Waals surface area contributed by atoms with Crippen LogP contribution in [0.3, 0.4) is 0 Å². The molecule has 0 aromatic rings. The van der Waals surface area contributed by atoms with Gasteiger partial charge in [0.1, 0.15) is 6.04 Å². The zero-order valence-corrected chi connectivity index (χ0v) is 39.1. The summed E-state index contributed by atoms with van der Waals surface area (Å²) in [4.78, 5) is 38.1. The first-order chi connectivity index (χ1) is 27.5. The normalized spacial score (nSPS) is 11.9. The number of carbonyl (C=O) groups excluding carboxylic acids is 3. The Morgan fingerprint density at radius 1 is 0.544 bits per heavy atom. The summed E-state index contributed by atoms with van der Waals surface area (Å²) in [7, 11) is 1.58. The van der Waals surface area contributed by atoms with Crippen molar-refractivity contribution in [2.75, 3.05) is 26.9 Å². The zero-order chi connectivity index (χ0) is 42.7. The van der Waals surface area contributed by atoms with Crippen LogP contribution >= 0.6 is 0 Å². The predicted molar refractivity (Wildman–Crippen MR) is 243 cm³/mol. The maximum absolute atomic E-state index is 12.8. The first-order valence-corrected chi connectivity index (χ1v) is 24.4. The molecule has 2 amide bonds. The fourth-order valence-electron chi connectivity index (χ4n) is 6.64. The lowest BCUT2D eigenvalue weighted by molar-refractivity contribution is -0.148. The number of hydrogen-bond donors (Lipinski definition) is 3. The molecule has 0 radical (unpaired) electrons. The van der Waals surface area contributed by atoms with Gasteiger partial charge in [0.25, 0.3) is 0 Å². The highest BCUT2D eigenvalue weighted by Gasteiger charge is 2.23. The van der Waals surface area contributed by atoms with E-state index in [9.17, 15) is 14.4 Å². The Hall–Kier alpha value is -1.67. The van der Waals surface area contributed by atoms with Crippen molar-refractivity contribution in [2.45, 2.75) is 265 Å². The largest absolute Gasteiger partial charge is 0.464 e. The molecule has 1 unspecified atom stereocenters. The Morgan fingerprint density at radius 2 is 0.877 bits per heavy atom. The van der Waals surface area contributed by atoms with E-state index in [1.165, 1.54) is 161 Å². The molecule has 0 saturated carbocycles. The maximum Gasteiger partial charge on any atom is 0.330 e. The van der Waals surface area contributed by atoms with Crippen molar-refractivity contribution in [3.05, 3.63) is 0 Å². The monoisotopic (exact) mass is 811 g/mol. The van der Waals surface area contributed by atoms with Crippen molar-refractivity contribution < 1.29 is 29.0 Å². The van der Waals surface area contributed by atoms with Gasteiger partial charge in [0.05, 0.1) is 18.8 Å². The molecule has 3 N–H and O–H groups in total. The van der Waals surface area contributed by atoms with Crippen molar-refractivity contribution in [1.82, 2.24) is 10.6 Å². The summed E-state index contributed by atoms with van der Waals surface area (Å²) in [6.45, 7) is 12.9. The average Bonchev–Trinajstić information content (AvgIpc) is 3.19. The fourth-order valence-corrected chi connectivity index (χ4v) is 6.64. The number of hydrogen-bond acceptors (Lipinski definition) is 6. The summed E-state index contributed by atoms with van der Waals surface area (Å²) in [5, 5.41) is 14.2. The van der Waals surface area contributed by atoms with Crippen LogP contribution in [-0.2, 0) is 23.9 Å². The molecule has 0 fully saturated rings. The zero-order valence-electron chi connectivity index (χ0n) is 39.1. The van der Waals surface area contributed by atoms with E-state index in [0.29, 0.717) is 25.4 Å². The Morgan fingerprint density at radius 3 is 1.18 bits per heavy atom. The molecule has 0 saturated heterocycles. The first-order valence-electron chi connectivity index (χ1n) is 24.4. The third-order valence-electron chi connectivity index (χ3n) is 11.0. The number of esters is 1. The molecule has 1 atom stereocenters. The summed E-state index contributed by atoms with van der Waals surface area (Å²) in [6, 6.07) is -0.837. The number of aliphatic hydroxyl groups excluding tert-OH is 1. The lowest BCUT2D eigenvalue weighted by Gasteiger charge is -2.19. The van der Waals surface area contributed by atoms with Crippen LogP contribution in [0.2, 0.25) is 0 Å². The van der Waals surface area contributed by atoms with Crippen molar-refractivity contribution in [2.24, 2.45) is 5.92 Å². The van der Waals surface area contributed by atoms with Gasteiger partial charge in [-0.15, -0.1) is 0 Å². The molecule has 0 aliphatic heterocycles. The van der Waals surface area contributed by atoms with Gasteiger partial charge >= 0.3 is 5.97 Å². The molecule has 57 heavy (non-hydrogen) atoms. The summed E-state index contributed by atoms with van der Waals surface area (Å²) in [5.74, 6) is -0.225. The molecule has 0 aliphatic rings. The van der Waals surface area contributed by atoms with Crippen molar-refractivity contribution in [3.8, 4) is 0 Å². The standard InChI is InChI=1S/C44H86N2O4.C5H12O2/c1-5-7-9-11-13-15-17-19-21-23-25-27-29-31-33-35-42(47)45-39-41(44(49)50-38-37-40(3)4)46-43(48)36-34-32-30-28-26-24-22-20-18-16-14-12-10-8-6-2;1-5(2,4-6)7-3/h40-41H,5-39H2,1-4H3,(H,45,47)(H,46,48);6H,4H2,1-3H3. The van der Waals surface area contributed by atoms with Gasteiger partial charge in [-0.3, -0.25) is 9.59 Å². The minimum Gasteiger partial charge on any atom is -0.464 e. The number of unbranched alkanes of at least 4 members (excludes halogenated alkanes) is 28. The lowest BCUT2D eigenvalue weighted by atomic mass is 10.0. The van der Waals surface area contributed by atoms with Crippen molar-refractivity contribution >= 4 is 17.8 Å². The topological polar surface area (TPSA) is 114 Å². The van der Waals surface area contributed by atoms with Gasteiger partial charge in [-0.2, -0.15) is 0 Å². The number of ether oxygens (including phenoxy) is 2. The van der Waals surface area contributed by atoms with Crippen LogP contribution < -0.4 is 10.6 Å². The van der Waals surface area contributed by atoms with E-state index in [2.05, 4.69) is 38.3 Å². The third-order valence-corrected chi connectivity index (χ3v) is 11.0. The molecule has 0 rings (SSSR count). The van der Waals surface area contributed by atoms with E-state index in [0.717, 1.165) is 38.5 Å². The number of nitrogens with one attached hydrogen (secondary N) is 2. The minimum atomic E-state index is -0.837. The summed E-state index contributed by atoms with van der Waals surface area (Å²) in [5.41, 5.74) is -0.361. The van der Waals surface area contributed by atoms with Crippen LogP contribution in [0.4, 0.5) is 0 Å². The maximum atomic E-state index is 12.8. The van der Waals surface area contributed by atoms with Gasteiger partial charge in [-0.1, -0.05) is 207 Å². The summed E-state index contributed by atoms with van der Waals surface area (Å²) < 4.78 is 10.3. The lowest BCUT2D eigenvalue weighted by Crippen LogP contribution is -2.49. The predicted octanol–water partition coefficient (Wildman–Crippen LogP) is 13.1. The minimum absolute atomic E-state index is 0.0590. The van der Waals surface area contributed by atoms with Gasteiger partial charge in [0.15, 0.2) is 0 Å². The smallest absolute Gasteiger partial charge is 0.330 e. The molecule has 0 heterocycles. The Bertz CT molecular complexity index is 874. The van der Waals surface area contributed by atoms with E-state index in [1.54, 1.807) is 7.11 Å². The first kappa shape index (κ1) is 57.4. The molecule has 0 aliphatic carbocycles. The number of carbonyl (C=O) groups is 3. The molecular formula is C49H98N2O6. The van der Waals surface area contributed by atoms with E-state index < -0.39 is 12.0 Å². The highest BCUT2D eigenvalue weighted by atomic mass is 16.5. The van der Waals surface area contributed by atoms with E-state index in [4.69, 9.17) is 14.6 Å². The van der Waals surface area contributed by atoms with Gasteiger partial charge in [-0.05, 0) is 39.0 Å². The van der Waals surface area contributed by atoms with Crippen LogP contribution in [0.25, 0.3) is 0 Å². The van der Waals surface area contributed by atoms with Crippen molar-refractivity contribution in [1.29, 1.82) is 0 Å². The Kier molecular flexibility index (Phi) is 44.2. The quantitative estimate of drug-likeness (QED) is 0.0418. The van der Waals surface area contributed by atoms with Crippen molar-refractivity contribution in [3.63, 3.8) is 0 Å². The van der Waals surface area contributed by atoms with Gasteiger partial charge in [0.2, 0.25) is 11.8 Å². The van der Waals surface area contributed by atoms with Crippen LogP contribution in [0.15, 0.2) is 0 Å². The molecule has 0 bridgehead atoms. The molecule has 0 spiro atoms. The molecule has 340 valence electrons. The summed E-state index contributed by atoms with van der Waals surface area (Å²) >= 11 is 0. The Balaban J connectivity index is 0. The second-order valence-corrected chi connectivity index (χ2v) is 17.8. The molecule has 0 aromatic heterocycles. The number of methoxy groups -OCH3 is 1. The van der Waals surface area contributed by atoms with Crippen LogP contribution in [-0.4, -0.2) is 61.4 Å². The molecule has 8 nitrogen and oxygen atoms in total. The van der Waals surface area contributed by atoms with E-state index in [-0.39, 0.29) is 30.6 Å². The average molecular weight is 811 g/mol. The van der Waals surface area contributed by atoms with E-state index in [1.807, 2.05) is 13.8 Å².